The summed E-state index contributed by atoms with van der Waals surface area (Å²) < 4.78 is 10.4. The van der Waals surface area contributed by atoms with Crippen LogP contribution in [0.4, 0.5) is 5.69 Å². The van der Waals surface area contributed by atoms with Crippen LogP contribution in [0.5, 0.6) is 0 Å². The highest BCUT2D eigenvalue weighted by Crippen LogP contribution is 2.16. The molecule has 1 saturated heterocycles. The predicted octanol–water partition coefficient (Wildman–Crippen LogP) is 2.04. The third-order valence-corrected chi connectivity index (χ3v) is 3.26. The average molecular weight is 277 g/mol. The first-order valence-electron chi connectivity index (χ1n) is 6.76. The molecule has 5 heteroatoms. The number of amides is 1. The molecule has 1 aliphatic heterocycles. The van der Waals surface area contributed by atoms with Crippen LogP contribution >= 0.6 is 0 Å². The lowest BCUT2D eigenvalue weighted by atomic mass is 10.2. The lowest BCUT2D eigenvalue weighted by Crippen LogP contribution is -2.34. The van der Waals surface area contributed by atoms with Crippen LogP contribution in [0.3, 0.4) is 0 Å². The van der Waals surface area contributed by atoms with Gasteiger partial charge >= 0.3 is 5.97 Å². The van der Waals surface area contributed by atoms with E-state index >= 15 is 0 Å². The third-order valence-electron chi connectivity index (χ3n) is 3.26. The van der Waals surface area contributed by atoms with Gasteiger partial charge in [0.05, 0.1) is 0 Å². The van der Waals surface area contributed by atoms with Crippen molar-refractivity contribution in [2.45, 2.75) is 38.9 Å². The molecule has 1 fully saturated rings. The van der Waals surface area contributed by atoms with Gasteiger partial charge in [0.1, 0.15) is 0 Å². The second-order valence-electron chi connectivity index (χ2n) is 4.88. The number of hydrogen-bond acceptors (Lipinski definition) is 4. The molecule has 0 aliphatic carbocycles. The fourth-order valence-electron chi connectivity index (χ4n) is 2.01. The molecule has 0 saturated carbocycles. The van der Waals surface area contributed by atoms with E-state index in [-0.39, 0.29) is 5.91 Å². The van der Waals surface area contributed by atoms with Crippen LogP contribution in [0.1, 0.15) is 25.3 Å². The maximum atomic E-state index is 12.0. The molecule has 1 aromatic rings. The molecular formula is C15H19NO4. The molecule has 108 valence electrons. The number of anilines is 1. The van der Waals surface area contributed by atoms with Gasteiger partial charge < -0.3 is 14.8 Å². The lowest BCUT2D eigenvalue weighted by molar-refractivity contribution is -0.162. The molecule has 1 heterocycles. The van der Waals surface area contributed by atoms with Crippen molar-refractivity contribution in [1.82, 2.24) is 0 Å². The molecule has 2 rings (SSSR count). The molecular weight excluding hydrogens is 258 g/mol. The number of hydrogen-bond donors (Lipinski definition) is 1. The van der Waals surface area contributed by atoms with Crippen molar-refractivity contribution < 1.29 is 19.1 Å². The van der Waals surface area contributed by atoms with Crippen molar-refractivity contribution in [1.29, 1.82) is 0 Å². The summed E-state index contributed by atoms with van der Waals surface area (Å²) in [5.41, 5.74) is 1.68. The summed E-state index contributed by atoms with van der Waals surface area (Å²) in [6.07, 6.45) is 0.143. The van der Waals surface area contributed by atoms with E-state index in [0.717, 1.165) is 17.7 Å². The van der Waals surface area contributed by atoms with E-state index in [4.69, 9.17) is 9.47 Å². The normalized spacial score (nSPS) is 19.4. The van der Waals surface area contributed by atoms with Crippen molar-refractivity contribution in [2.75, 3.05) is 11.9 Å². The highest BCUT2D eigenvalue weighted by molar-refractivity contribution is 5.95. The standard InChI is InChI=1S/C15H19NO4/c1-10-6-3-4-7-12(10)16-14(17)11(2)20-15(18)13-8-5-9-19-13/h3-4,6-7,11,13H,5,8-9H2,1-2H3,(H,16,17)/t11-,13-/m0/s1. The molecule has 2 atom stereocenters. The molecule has 1 aromatic carbocycles. The first-order chi connectivity index (χ1) is 9.58. The van der Waals surface area contributed by atoms with E-state index in [0.29, 0.717) is 13.0 Å². The quantitative estimate of drug-likeness (QED) is 0.855. The van der Waals surface area contributed by atoms with Gasteiger partial charge in [-0.1, -0.05) is 18.2 Å². The summed E-state index contributed by atoms with van der Waals surface area (Å²) in [5, 5.41) is 2.75. The minimum absolute atomic E-state index is 0.342. The van der Waals surface area contributed by atoms with Gasteiger partial charge in [-0.3, -0.25) is 4.79 Å². The Bertz CT molecular complexity index is 494. The van der Waals surface area contributed by atoms with Gasteiger partial charge in [-0.05, 0) is 38.3 Å². The molecule has 1 aliphatic rings. The van der Waals surface area contributed by atoms with E-state index in [9.17, 15) is 9.59 Å². The van der Waals surface area contributed by atoms with Gasteiger partial charge in [-0.15, -0.1) is 0 Å². The molecule has 5 nitrogen and oxygen atoms in total. The average Bonchev–Trinajstić information content (AvgIpc) is 2.95. The molecule has 0 aromatic heterocycles. The fraction of sp³-hybridized carbons (Fsp3) is 0.467. The number of rotatable bonds is 4. The summed E-state index contributed by atoms with van der Waals surface area (Å²) in [6.45, 7) is 4.03. The number of aryl methyl sites for hydroxylation is 1. The van der Waals surface area contributed by atoms with Gasteiger partial charge in [0, 0.05) is 12.3 Å². The Labute approximate surface area is 118 Å². The van der Waals surface area contributed by atoms with Crippen LogP contribution < -0.4 is 5.32 Å². The second kappa shape index (κ2) is 6.52. The molecule has 0 bridgehead atoms. The van der Waals surface area contributed by atoms with E-state index < -0.39 is 18.2 Å². The molecule has 0 spiro atoms. The van der Waals surface area contributed by atoms with Crippen molar-refractivity contribution in [2.24, 2.45) is 0 Å². The molecule has 0 unspecified atom stereocenters. The Balaban J connectivity index is 1.88. The monoisotopic (exact) mass is 277 g/mol. The first-order valence-corrected chi connectivity index (χ1v) is 6.76. The Morgan fingerprint density at radius 3 is 2.80 bits per heavy atom. The number of carbonyl (C=O) groups is 2. The van der Waals surface area contributed by atoms with Crippen LogP contribution in [0.15, 0.2) is 24.3 Å². The van der Waals surface area contributed by atoms with Gasteiger partial charge in [0.25, 0.3) is 5.91 Å². The number of nitrogens with one attached hydrogen (secondary N) is 1. The van der Waals surface area contributed by atoms with Crippen molar-refractivity contribution in [3.05, 3.63) is 29.8 Å². The summed E-state index contributed by atoms with van der Waals surface area (Å²) in [7, 11) is 0. The number of esters is 1. The van der Waals surface area contributed by atoms with Crippen LogP contribution in [0, 0.1) is 6.92 Å². The lowest BCUT2D eigenvalue weighted by Gasteiger charge is -2.16. The first kappa shape index (κ1) is 14.5. The van der Waals surface area contributed by atoms with Crippen molar-refractivity contribution in [3.8, 4) is 0 Å². The summed E-state index contributed by atoms with van der Waals surface area (Å²) in [6, 6.07) is 7.44. The molecule has 0 radical (unpaired) electrons. The highest BCUT2D eigenvalue weighted by Gasteiger charge is 2.28. The number of para-hydroxylation sites is 1. The maximum Gasteiger partial charge on any atom is 0.336 e. The molecule has 20 heavy (non-hydrogen) atoms. The Morgan fingerprint density at radius 1 is 1.40 bits per heavy atom. The van der Waals surface area contributed by atoms with Gasteiger partial charge in [-0.2, -0.15) is 0 Å². The minimum Gasteiger partial charge on any atom is -0.451 e. The fourth-order valence-corrected chi connectivity index (χ4v) is 2.01. The van der Waals surface area contributed by atoms with E-state index in [1.54, 1.807) is 6.92 Å². The van der Waals surface area contributed by atoms with E-state index in [1.165, 1.54) is 0 Å². The molecule has 1 amide bonds. The topological polar surface area (TPSA) is 64.6 Å². The van der Waals surface area contributed by atoms with E-state index in [2.05, 4.69) is 5.32 Å². The van der Waals surface area contributed by atoms with E-state index in [1.807, 2.05) is 31.2 Å². The van der Waals surface area contributed by atoms with Gasteiger partial charge in [-0.25, -0.2) is 4.79 Å². The number of benzene rings is 1. The summed E-state index contributed by atoms with van der Waals surface area (Å²) >= 11 is 0. The highest BCUT2D eigenvalue weighted by atomic mass is 16.6. The Kier molecular flexibility index (Phi) is 4.74. The summed E-state index contributed by atoms with van der Waals surface area (Å²) in [5.74, 6) is -0.805. The van der Waals surface area contributed by atoms with Crippen LogP contribution in [0.25, 0.3) is 0 Å². The van der Waals surface area contributed by atoms with Crippen molar-refractivity contribution in [3.63, 3.8) is 0 Å². The van der Waals surface area contributed by atoms with Crippen LogP contribution in [0.2, 0.25) is 0 Å². The maximum absolute atomic E-state index is 12.0. The largest absolute Gasteiger partial charge is 0.451 e. The summed E-state index contributed by atoms with van der Waals surface area (Å²) in [4.78, 5) is 23.7. The van der Waals surface area contributed by atoms with Gasteiger partial charge in [0.15, 0.2) is 12.2 Å². The van der Waals surface area contributed by atoms with Crippen LogP contribution in [-0.4, -0.2) is 30.7 Å². The zero-order valence-corrected chi connectivity index (χ0v) is 11.7. The Morgan fingerprint density at radius 2 is 2.15 bits per heavy atom. The zero-order valence-electron chi connectivity index (χ0n) is 11.7. The van der Waals surface area contributed by atoms with Gasteiger partial charge in [0.2, 0.25) is 0 Å². The number of carbonyl (C=O) groups excluding carboxylic acids is 2. The van der Waals surface area contributed by atoms with Crippen molar-refractivity contribution >= 4 is 17.6 Å². The number of ether oxygens (including phenoxy) is 2. The minimum atomic E-state index is -0.841. The Hall–Kier alpha value is -1.88. The third kappa shape index (κ3) is 3.57. The smallest absolute Gasteiger partial charge is 0.336 e. The SMILES string of the molecule is Cc1ccccc1NC(=O)[C@H](C)OC(=O)[C@@H]1CCCO1. The second-order valence-corrected chi connectivity index (χ2v) is 4.88. The van der Waals surface area contributed by atoms with Crippen LogP contribution in [-0.2, 0) is 19.1 Å². The predicted molar refractivity (Wildman–Crippen MR) is 74.3 cm³/mol. The zero-order chi connectivity index (χ0) is 14.5. The molecule has 1 N–H and O–H groups in total.